The molecule has 0 spiro atoms. The predicted octanol–water partition coefficient (Wildman–Crippen LogP) is 1.67. The van der Waals surface area contributed by atoms with Gasteiger partial charge in [0, 0.05) is 0 Å². The van der Waals surface area contributed by atoms with Crippen molar-refractivity contribution in [1.29, 1.82) is 0 Å². The minimum absolute atomic E-state index is 0. The molecule has 0 saturated heterocycles. The summed E-state index contributed by atoms with van der Waals surface area (Å²) in [6.07, 6.45) is 13.8. The third-order valence-electron chi connectivity index (χ3n) is 6.36. The van der Waals surface area contributed by atoms with E-state index in [0.717, 1.165) is 0 Å². The molecule has 0 fully saturated rings. The molecule has 0 atom stereocenters. The number of halogens is 2. The normalized spacial score (nSPS) is 11.9. The first-order chi connectivity index (χ1) is 15.7. The molecule has 4 rings (SSSR count). The summed E-state index contributed by atoms with van der Waals surface area (Å²) in [5.41, 5.74) is 10.8. The fourth-order valence-corrected chi connectivity index (χ4v) is 5.76. The van der Waals surface area contributed by atoms with E-state index in [4.69, 9.17) is 0 Å². The minimum atomic E-state index is 0. The van der Waals surface area contributed by atoms with Gasteiger partial charge in [0.05, 0.1) is 0 Å². The molecule has 0 nitrogen and oxygen atoms in total. The van der Waals surface area contributed by atoms with Crippen LogP contribution in [0, 0.1) is 0 Å². The van der Waals surface area contributed by atoms with Gasteiger partial charge in [-0.3, -0.25) is 0 Å². The van der Waals surface area contributed by atoms with Crippen LogP contribution >= 0.6 is 0 Å². The van der Waals surface area contributed by atoms with Gasteiger partial charge >= 0.3 is 99.2 Å². The summed E-state index contributed by atoms with van der Waals surface area (Å²) in [5.74, 6) is 0.528. The molecule has 1 aliphatic carbocycles. The van der Waals surface area contributed by atoms with Gasteiger partial charge < -0.3 is 24.8 Å². The fourth-order valence-electron chi connectivity index (χ4n) is 4.94. The quantitative estimate of drug-likeness (QED) is 0.380. The Hall–Kier alpha value is -1.40. The Bertz CT molecular complexity index is 993. The van der Waals surface area contributed by atoms with Crippen molar-refractivity contribution in [2.45, 2.75) is 59.3 Å². The van der Waals surface area contributed by atoms with Gasteiger partial charge in [-0.1, -0.05) is 77.7 Å². The van der Waals surface area contributed by atoms with Gasteiger partial charge in [0.1, 0.15) is 0 Å². The number of hydrogen-bond acceptors (Lipinski definition) is 0. The number of rotatable bonds is 7. The van der Waals surface area contributed by atoms with Gasteiger partial charge in [-0.15, -0.1) is 0 Å². The third kappa shape index (κ3) is 7.07. The number of benzene rings is 2. The zero-order valence-electron chi connectivity index (χ0n) is 20.7. The van der Waals surface area contributed by atoms with Crippen molar-refractivity contribution in [3.05, 3.63) is 124 Å². The molecule has 3 aromatic carbocycles. The topological polar surface area (TPSA) is 0 Å². The SMILES string of the molecule is CCc1c(CC)c(C2C=CC=C2)[c-](CC)c1CC.[Cl-].[Cl-].[Zr+2]=[C](c1ccccc1)c1ccccc1. The second-order valence-electron chi connectivity index (χ2n) is 8.14. The molecule has 0 bridgehead atoms. The van der Waals surface area contributed by atoms with Crippen molar-refractivity contribution in [1.82, 2.24) is 0 Å². The molecule has 0 saturated carbocycles. The van der Waals surface area contributed by atoms with Crippen LogP contribution in [-0.2, 0) is 49.9 Å². The molecule has 34 heavy (non-hydrogen) atoms. The number of allylic oxidation sites excluding steroid dienone is 4. The van der Waals surface area contributed by atoms with E-state index in [2.05, 4.69) is 113 Å². The standard InChI is InChI=1S/C18H25.C13H10.2ClH.Zr/c1-5-14-15(6-2)17(8-4)18(16(14)7-3)13-11-9-10-12-13;1-3-7-12(8-4-1)11-13-9-5-2-6-10-13;;;/h9-13H,5-8H2,1-4H3;1-10H;2*1H;/q-1;;;;+2/p-2. The molecule has 0 aromatic heterocycles. The Morgan fingerprint density at radius 2 is 1.18 bits per heavy atom. The van der Waals surface area contributed by atoms with Gasteiger partial charge in [0.25, 0.3) is 0 Å². The molecule has 0 radical (unpaired) electrons. The molecular weight excluding hydrogens is 534 g/mol. The first-order valence-corrected chi connectivity index (χ1v) is 13.2. The average Bonchev–Trinajstić information content (AvgIpc) is 3.49. The van der Waals surface area contributed by atoms with Crippen molar-refractivity contribution < 1.29 is 49.0 Å². The van der Waals surface area contributed by atoms with E-state index in [1.165, 1.54) is 64.3 Å². The maximum atomic E-state index is 2.34. The van der Waals surface area contributed by atoms with E-state index < -0.39 is 0 Å². The van der Waals surface area contributed by atoms with Crippen LogP contribution in [0.2, 0.25) is 0 Å². The summed E-state index contributed by atoms with van der Waals surface area (Å²) in [4.78, 5) is 0. The molecule has 1 aliphatic rings. The van der Waals surface area contributed by atoms with E-state index >= 15 is 0 Å². The van der Waals surface area contributed by atoms with Crippen LogP contribution in [0.15, 0.2) is 85.0 Å². The van der Waals surface area contributed by atoms with Gasteiger partial charge in [0.2, 0.25) is 0 Å². The monoisotopic (exact) mass is 567 g/mol. The van der Waals surface area contributed by atoms with Crippen molar-refractivity contribution >= 4 is 3.21 Å². The van der Waals surface area contributed by atoms with Crippen LogP contribution in [0.1, 0.15) is 72.6 Å². The second kappa shape index (κ2) is 15.6. The zero-order chi connectivity index (χ0) is 22.9. The van der Waals surface area contributed by atoms with Crippen LogP contribution < -0.4 is 24.8 Å². The predicted molar refractivity (Wildman–Crippen MR) is 137 cm³/mol. The molecule has 3 heteroatoms. The van der Waals surface area contributed by atoms with Crippen molar-refractivity contribution in [3.8, 4) is 0 Å². The maximum absolute atomic E-state index is 2.34. The summed E-state index contributed by atoms with van der Waals surface area (Å²) in [6, 6.07) is 21.1. The molecule has 0 aliphatic heterocycles. The Morgan fingerprint density at radius 3 is 1.56 bits per heavy atom. The van der Waals surface area contributed by atoms with Gasteiger partial charge in [-0.25, -0.2) is 0 Å². The first kappa shape index (κ1) is 30.6. The van der Waals surface area contributed by atoms with E-state index in [1.54, 1.807) is 27.8 Å². The van der Waals surface area contributed by atoms with Crippen LogP contribution in [0.3, 0.4) is 0 Å². The Balaban J connectivity index is 0.000000329. The summed E-state index contributed by atoms with van der Waals surface area (Å²) in [6.45, 7) is 9.22. The number of hydrogen-bond donors (Lipinski definition) is 0. The van der Waals surface area contributed by atoms with Gasteiger partial charge in [-0.2, -0.15) is 27.8 Å². The molecule has 0 N–H and O–H groups in total. The fraction of sp³-hybridized carbons (Fsp3) is 0.290. The van der Waals surface area contributed by atoms with E-state index in [9.17, 15) is 0 Å². The van der Waals surface area contributed by atoms with Crippen LogP contribution in [-0.4, -0.2) is 3.21 Å². The van der Waals surface area contributed by atoms with Crippen LogP contribution in [0.5, 0.6) is 0 Å². The molecule has 0 amide bonds. The van der Waals surface area contributed by atoms with Gasteiger partial charge in [0.15, 0.2) is 0 Å². The zero-order valence-corrected chi connectivity index (χ0v) is 24.7. The first-order valence-electron chi connectivity index (χ1n) is 12.0. The molecule has 0 unspecified atom stereocenters. The second-order valence-corrected chi connectivity index (χ2v) is 9.37. The summed E-state index contributed by atoms with van der Waals surface area (Å²) in [7, 11) is 0. The molecule has 3 aromatic rings. The van der Waals surface area contributed by atoms with Crippen molar-refractivity contribution in [3.63, 3.8) is 0 Å². The average molecular weight is 570 g/mol. The Morgan fingerprint density at radius 1 is 0.706 bits per heavy atom. The third-order valence-corrected chi connectivity index (χ3v) is 7.78. The van der Waals surface area contributed by atoms with Gasteiger partial charge in [-0.05, 0) is 5.92 Å². The molecule has 0 heterocycles. The van der Waals surface area contributed by atoms with E-state index in [1.807, 2.05) is 0 Å². The van der Waals surface area contributed by atoms with Crippen molar-refractivity contribution in [2.75, 3.05) is 0 Å². The van der Waals surface area contributed by atoms with Crippen molar-refractivity contribution in [2.24, 2.45) is 0 Å². The molecular formula is C31H35Cl2Zr-. The summed E-state index contributed by atoms with van der Waals surface area (Å²) in [5, 5.41) is 0. The van der Waals surface area contributed by atoms with Crippen LogP contribution in [0.4, 0.5) is 0 Å². The summed E-state index contributed by atoms with van der Waals surface area (Å²) >= 11 is 1.46. The Kier molecular flexibility index (Phi) is 14.0. The Labute approximate surface area is 234 Å². The summed E-state index contributed by atoms with van der Waals surface area (Å²) < 4.78 is 1.42. The van der Waals surface area contributed by atoms with E-state index in [0.29, 0.717) is 5.92 Å². The molecule has 178 valence electrons. The van der Waals surface area contributed by atoms with E-state index in [-0.39, 0.29) is 24.8 Å². The van der Waals surface area contributed by atoms with Crippen LogP contribution in [0.25, 0.3) is 0 Å².